The predicted octanol–water partition coefficient (Wildman–Crippen LogP) is 3.55. The van der Waals surface area contributed by atoms with Crippen molar-refractivity contribution in [3.8, 4) is 0 Å². The third kappa shape index (κ3) is 4.19. The zero-order valence-corrected chi connectivity index (χ0v) is 13.9. The summed E-state index contributed by atoms with van der Waals surface area (Å²) in [5.41, 5.74) is 3.27. The number of anilines is 1. The molecule has 23 heavy (non-hydrogen) atoms. The van der Waals surface area contributed by atoms with E-state index in [1.165, 1.54) is 6.92 Å². The number of carbonyl (C=O) groups excluding carboxylic acids is 2. The number of rotatable bonds is 5. The third-order valence-corrected chi connectivity index (χ3v) is 3.57. The molecule has 0 radical (unpaired) electrons. The van der Waals surface area contributed by atoms with Crippen LogP contribution in [0.2, 0.25) is 0 Å². The molecule has 0 fully saturated rings. The maximum Gasteiger partial charge on any atom is 0.303 e. The maximum absolute atomic E-state index is 12.8. The number of hydrogen-bond acceptors (Lipinski definition) is 4. The standard InChI is InChI=1S/C19H21NO3/c1-13-5-7-16(8-6-13)19(23-14(2)21)18(22)15-9-11-17(12-10-15)20(3)4/h5-12,19H,1-4H3/t19-/m0/s1. The highest BCUT2D eigenvalue weighted by atomic mass is 16.5. The van der Waals surface area contributed by atoms with Gasteiger partial charge in [0.2, 0.25) is 5.78 Å². The minimum atomic E-state index is -0.918. The van der Waals surface area contributed by atoms with Crippen molar-refractivity contribution >= 4 is 17.4 Å². The highest BCUT2D eigenvalue weighted by Gasteiger charge is 2.25. The van der Waals surface area contributed by atoms with Crippen LogP contribution in [-0.2, 0) is 9.53 Å². The summed E-state index contributed by atoms with van der Waals surface area (Å²) in [7, 11) is 3.87. The Hall–Kier alpha value is -2.62. The first kappa shape index (κ1) is 16.7. The maximum atomic E-state index is 12.8. The van der Waals surface area contributed by atoms with E-state index in [1.807, 2.05) is 62.3 Å². The minimum Gasteiger partial charge on any atom is -0.449 e. The van der Waals surface area contributed by atoms with Crippen LogP contribution in [0.4, 0.5) is 5.69 Å². The van der Waals surface area contributed by atoms with Gasteiger partial charge in [0.1, 0.15) is 0 Å². The predicted molar refractivity (Wildman–Crippen MR) is 90.8 cm³/mol. The Balaban J connectivity index is 2.32. The summed E-state index contributed by atoms with van der Waals surface area (Å²) >= 11 is 0. The molecule has 0 N–H and O–H groups in total. The normalized spacial score (nSPS) is 11.7. The van der Waals surface area contributed by atoms with Crippen LogP contribution >= 0.6 is 0 Å². The Labute approximate surface area is 136 Å². The SMILES string of the molecule is CC(=O)O[C@H](C(=O)c1ccc(N(C)C)cc1)c1ccc(C)cc1. The summed E-state index contributed by atoms with van der Waals surface area (Å²) < 4.78 is 5.27. The molecule has 4 nitrogen and oxygen atoms in total. The zero-order valence-electron chi connectivity index (χ0n) is 13.9. The van der Waals surface area contributed by atoms with Crippen molar-refractivity contribution in [3.05, 3.63) is 65.2 Å². The molecule has 0 aliphatic rings. The van der Waals surface area contributed by atoms with Gasteiger partial charge in [0.05, 0.1) is 0 Å². The second-order valence-electron chi connectivity index (χ2n) is 5.71. The summed E-state index contributed by atoms with van der Waals surface area (Å²) in [5, 5.41) is 0. The Kier molecular flexibility index (Phi) is 5.16. The van der Waals surface area contributed by atoms with Gasteiger partial charge >= 0.3 is 5.97 Å². The van der Waals surface area contributed by atoms with Crippen molar-refractivity contribution in [2.75, 3.05) is 19.0 Å². The summed E-state index contributed by atoms with van der Waals surface area (Å²) in [6, 6.07) is 14.7. The molecule has 0 amide bonds. The summed E-state index contributed by atoms with van der Waals surface area (Å²) in [6.45, 7) is 3.27. The molecule has 2 aromatic rings. The molecule has 0 unspecified atom stereocenters. The number of Topliss-reactive ketones (excluding diaryl/α,β-unsaturated/α-hetero) is 1. The lowest BCUT2D eigenvalue weighted by Gasteiger charge is -2.17. The van der Waals surface area contributed by atoms with E-state index in [0.717, 1.165) is 11.3 Å². The van der Waals surface area contributed by atoms with Crippen molar-refractivity contribution in [1.29, 1.82) is 0 Å². The number of benzene rings is 2. The number of aryl methyl sites for hydroxylation is 1. The van der Waals surface area contributed by atoms with Crippen LogP contribution in [0, 0.1) is 6.92 Å². The molecule has 0 spiro atoms. The summed E-state index contributed by atoms with van der Waals surface area (Å²) in [6.07, 6.45) is -0.918. The highest BCUT2D eigenvalue weighted by molar-refractivity contribution is 6.01. The lowest BCUT2D eigenvalue weighted by Crippen LogP contribution is -2.19. The third-order valence-electron chi connectivity index (χ3n) is 3.57. The van der Waals surface area contributed by atoms with E-state index < -0.39 is 12.1 Å². The monoisotopic (exact) mass is 311 g/mol. The number of ketones is 1. The fraction of sp³-hybridized carbons (Fsp3) is 0.263. The van der Waals surface area contributed by atoms with Gasteiger partial charge in [-0.2, -0.15) is 0 Å². The lowest BCUT2D eigenvalue weighted by atomic mass is 9.98. The molecular weight excluding hydrogens is 290 g/mol. The Morgan fingerprint density at radius 3 is 2.00 bits per heavy atom. The first-order valence-corrected chi connectivity index (χ1v) is 7.44. The Bertz CT molecular complexity index is 688. The first-order valence-electron chi connectivity index (χ1n) is 7.44. The molecule has 0 saturated carbocycles. The van der Waals surface area contributed by atoms with Gasteiger partial charge in [-0.1, -0.05) is 29.8 Å². The second-order valence-corrected chi connectivity index (χ2v) is 5.71. The van der Waals surface area contributed by atoms with Crippen LogP contribution in [0.25, 0.3) is 0 Å². The van der Waals surface area contributed by atoms with E-state index in [9.17, 15) is 9.59 Å². The number of esters is 1. The van der Waals surface area contributed by atoms with Crippen LogP contribution in [0.3, 0.4) is 0 Å². The average molecular weight is 311 g/mol. The van der Waals surface area contributed by atoms with Crippen LogP contribution < -0.4 is 4.90 Å². The number of ether oxygens (including phenoxy) is 1. The highest BCUT2D eigenvalue weighted by Crippen LogP contribution is 2.24. The molecule has 120 valence electrons. The molecule has 0 aliphatic heterocycles. The van der Waals surface area contributed by atoms with E-state index in [1.54, 1.807) is 12.1 Å². The van der Waals surface area contributed by atoms with Crippen molar-refractivity contribution in [2.45, 2.75) is 20.0 Å². The first-order chi connectivity index (χ1) is 10.9. The van der Waals surface area contributed by atoms with Gasteiger partial charge in [-0.3, -0.25) is 9.59 Å². The van der Waals surface area contributed by atoms with Crippen LogP contribution in [0.15, 0.2) is 48.5 Å². The molecule has 0 heterocycles. The smallest absolute Gasteiger partial charge is 0.303 e. The Morgan fingerprint density at radius 2 is 1.52 bits per heavy atom. The largest absolute Gasteiger partial charge is 0.449 e. The fourth-order valence-corrected chi connectivity index (χ4v) is 2.26. The van der Waals surface area contributed by atoms with Gasteiger partial charge < -0.3 is 9.64 Å². The van der Waals surface area contributed by atoms with E-state index in [-0.39, 0.29) is 5.78 Å². The van der Waals surface area contributed by atoms with Crippen LogP contribution in [0.5, 0.6) is 0 Å². The second kappa shape index (κ2) is 7.09. The van der Waals surface area contributed by atoms with Gasteiger partial charge in [0.15, 0.2) is 6.10 Å². The Morgan fingerprint density at radius 1 is 0.957 bits per heavy atom. The van der Waals surface area contributed by atoms with Crippen molar-refractivity contribution in [2.24, 2.45) is 0 Å². The summed E-state index contributed by atoms with van der Waals surface area (Å²) in [5.74, 6) is -0.705. The molecule has 0 bridgehead atoms. The van der Waals surface area contributed by atoms with Gasteiger partial charge in [0, 0.05) is 37.8 Å². The lowest BCUT2D eigenvalue weighted by molar-refractivity contribution is -0.144. The van der Waals surface area contributed by atoms with Gasteiger partial charge in [-0.05, 0) is 31.2 Å². The van der Waals surface area contributed by atoms with Crippen molar-refractivity contribution < 1.29 is 14.3 Å². The molecule has 1 atom stereocenters. The van der Waals surface area contributed by atoms with E-state index in [4.69, 9.17) is 4.74 Å². The summed E-state index contributed by atoms with van der Waals surface area (Å²) in [4.78, 5) is 26.1. The van der Waals surface area contributed by atoms with Crippen molar-refractivity contribution in [3.63, 3.8) is 0 Å². The van der Waals surface area contributed by atoms with Crippen molar-refractivity contribution in [1.82, 2.24) is 0 Å². The minimum absolute atomic E-state index is 0.227. The quantitative estimate of drug-likeness (QED) is 0.626. The number of carbonyl (C=O) groups is 2. The van der Waals surface area contributed by atoms with Crippen LogP contribution in [0.1, 0.15) is 34.5 Å². The van der Waals surface area contributed by atoms with Crippen LogP contribution in [-0.4, -0.2) is 25.8 Å². The number of hydrogen-bond donors (Lipinski definition) is 0. The van der Waals surface area contributed by atoms with E-state index in [2.05, 4.69) is 0 Å². The zero-order chi connectivity index (χ0) is 17.0. The molecule has 0 saturated heterocycles. The fourth-order valence-electron chi connectivity index (χ4n) is 2.26. The van der Waals surface area contributed by atoms with Gasteiger partial charge in [-0.15, -0.1) is 0 Å². The molecule has 4 heteroatoms. The number of nitrogens with zero attached hydrogens (tertiary/aromatic N) is 1. The topological polar surface area (TPSA) is 46.6 Å². The molecule has 0 aliphatic carbocycles. The average Bonchev–Trinajstić information content (AvgIpc) is 2.53. The molecule has 2 aromatic carbocycles. The molecular formula is C19H21NO3. The van der Waals surface area contributed by atoms with Gasteiger partial charge in [-0.25, -0.2) is 0 Å². The molecule has 2 rings (SSSR count). The molecule has 0 aromatic heterocycles. The van der Waals surface area contributed by atoms with E-state index in [0.29, 0.717) is 11.1 Å². The van der Waals surface area contributed by atoms with E-state index >= 15 is 0 Å². The van der Waals surface area contributed by atoms with Gasteiger partial charge in [0.25, 0.3) is 0 Å².